The van der Waals surface area contributed by atoms with E-state index in [0.29, 0.717) is 5.92 Å². The van der Waals surface area contributed by atoms with Crippen LogP contribution in [0.2, 0.25) is 0 Å². The van der Waals surface area contributed by atoms with Gasteiger partial charge >= 0.3 is 0 Å². The number of methoxy groups -OCH3 is 2. The van der Waals surface area contributed by atoms with Crippen molar-refractivity contribution in [1.29, 1.82) is 0 Å². The molecule has 7 nitrogen and oxygen atoms in total. The predicted octanol–water partition coefficient (Wildman–Crippen LogP) is 4.26. The van der Waals surface area contributed by atoms with Gasteiger partial charge in [0, 0.05) is 12.6 Å². The number of likely N-dealkylation sites (tertiary alicyclic amines) is 1. The average Bonchev–Trinajstić information content (AvgIpc) is 3.32. The number of amides is 1. The first-order valence-corrected chi connectivity index (χ1v) is 13.0. The fourth-order valence-corrected chi connectivity index (χ4v) is 5.90. The van der Waals surface area contributed by atoms with Gasteiger partial charge in [-0.05, 0) is 81.1 Å². The molecule has 2 aliphatic rings. The molecule has 35 heavy (non-hydrogen) atoms. The number of piperidine rings is 1. The lowest BCUT2D eigenvalue weighted by molar-refractivity contribution is -0.117. The van der Waals surface area contributed by atoms with E-state index in [4.69, 9.17) is 9.47 Å². The summed E-state index contributed by atoms with van der Waals surface area (Å²) in [5, 5.41) is 4.21. The highest BCUT2D eigenvalue weighted by Gasteiger charge is 2.23. The first-order valence-electron chi connectivity index (χ1n) is 12.2. The Bertz CT molecular complexity index is 1230. The number of carbonyl (C=O) groups is 1. The molecule has 1 aromatic carbocycles. The maximum Gasteiger partial charge on any atom is 0.258 e. The second kappa shape index (κ2) is 10.7. The summed E-state index contributed by atoms with van der Waals surface area (Å²) >= 11 is 1.51. The zero-order chi connectivity index (χ0) is 24.2. The zero-order valence-electron chi connectivity index (χ0n) is 20.3. The Morgan fingerprint density at radius 1 is 1.17 bits per heavy atom. The monoisotopic (exact) mass is 492 g/mol. The smallest absolute Gasteiger partial charge is 0.258 e. The summed E-state index contributed by atoms with van der Waals surface area (Å²) in [5.74, 6) is 2.25. The molecule has 0 radical (unpaired) electrons. The van der Waals surface area contributed by atoms with E-state index < -0.39 is 0 Å². The quantitative estimate of drug-likeness (QED) is 0.482. The van der Waals surface area contributed by atoms with Gasteiger partial charge < -0.3 is 19.7 Å². The van der Waals surface area contributed by atoms with E-state index in [1.807, 2.05) is 42.6 Å². The van der Waals surface area contributed by atoms with Gasteiger partial charge in [-0.3, -0.25) is 9.20 Å². The van der Waals surface area contributed by atoms with Crippen molar-refractivity contribution in [3.8, 4) is 11.5 Å². The van der Waals surface area contributed by atoms with Crippen LogP contribution in [0.15, 0.2) is 52.5 Å². The third-order valence-corrected chi connectivity index (χ3v) is 7.96. The predicted molar refractivity (Wildman–Crippen MR) is 139 cm³/mol. The van der Waals surface area contributed by atoms with Gasteiger partial charge in [-0.15, -0.1) is 0 Å². The Morgan fingerprint density at radius 2 is 2.03 bits per heavy atom. The molecule has 2 aliphatic heterocycles. The fraction of sp³-hybridized carbons (Fsp3) is 0.407. The van der Waals surface area contributed by atoms with Gasteiger partial charge in [-0.1, -0.05) is 23.9 Å². The van der Waals surface area contributed by atoms with Crippen LogP contribution >= 0.6 is 11.8 Å². The number of pyridine rings is 1. The Morgan fingerprint density at radius 3 is 2.83 bits per heavy atom. The van der Waals surface area contributed by atoms with Crippen LogP contribution < -0.4 is 14.8 Å². The average molecular weight is 493 g/mol. The van der Waals surface area contributed by atoms with Gasteiger partial charge in [0.2, 0.25) is 0 Å². The molecule has 3 aromatic rings. The van der Waals surface area contributed by atoms with E-state index >= 15 is 0 Å². The molecular weight excluding hydrogens is 460 g/mol. The topological polar surface area (TPSA) is 68.1 Å². The molecule has 0 aliphatic carbocycles. The van der Waals surface area contributed by atoms with Crippen molar-refractivity contribution in [1.82, 2.24) is 19.6 Å². The molecule has 0 bridgehead atoms. The number of ether oxygens (including phenoxy) is 2. The standard InChI is InChI=1S/C27H32N4O3S/c1-33-22-9-8-20(23(16-22)34-2)5-4-12-30-13-10-19(11-14-30)17-29-27(32)24-15-21-18-28-25-6-3-7-26(35-24)31(21)25/h3,6-9,15-16,18-19H,4-5,10-14,17H2,1-2H3,(H,29,32). The maximum absolute atomic E-state index is 12.9. The molecule has 2 aromatic heterocycles. The van der Waals surface area contributed by atoms with Gasteiger partial charge in [0.05, 0.1) is 36.0 Å². The molecular formula is C27H32N4O3S. The minimum absolute atomic E-state index is 0.00956. The number of aryl methyl sites for hydroxylation is 1. The van der Waals surface area contributed by atoms with Gasteiger partial charge in [0.25, 0.3) is 5.91 Å². The summed E-state index contributed by atoms with van der Waals surface area (Å²) in [7, 11) is 3.38. The van der Waals surface area contributed by atoms with Crippen molar-refractivity contribution in [2.24, 2.45) is 5.92 Å². The van der Waals surface area contributed by atoms with Crippen LogP contribution in [0.4, 0.5) is 0 Å². The van der Waals surface area contributed by atoms with Crippen molar-refractivity contribution in [3.05, 3.63) is 58.8 Å². The van der Waals surface area contributed by atoms with Crippen LogP contribution in [-0.2, 0) is 11.2 Å². The Balaban J connectivity index is 1.05. The molecule has 184 valence electrons. The number of nitrogens with one attached hydrogen (secondary N) is 1. The first kappa shape index (κ1) is 23.8. The van der Waals surface area contributed by atoms with Gasteiger partial charge in [-0.2, -0.15) is 0 Å². The second-order valence-corrected chi connectivity index (χ2v) is 10.2. The van der Waals surface area contributed by atoms with Gasteiger partial charge in [0.15, 0.2) is 0 Å². The highest BCUT2D eigenvalue weighted by Crippen LogP contribution is 2.34. The van der Waals surface area contributed by atoms with Crippen LogP contribution in [0.1, 0.15) is 30.5 Å². The van der Waals surface area contributed by atoms with E-state index in [9.17, 15) is 4.79 Å². The third-order valence-electron chi connectivity index (χ3n) is 6.91. The van der Waals surface area contributed by atoms with E-state index in [2.05, 4.69) is 25.7 Å². The number of hydrogen-bond donors (Lipinski definition) is 1. The number of carbonyl (C=O) groups excluding carboxylic acids is 1. The minimum Gasteiger partial charge on any atom is -0.497 e. The van der Waals surface area contributed by atoms with E-state index in [0.717, 1.165) is 84.6 Å². The number of benzene rings is 1. The molecule has 1 saturated heterocycles. The van der Waals surface area contributed by atoms with E-state index in [1.165, 1.54) is 17.3 Å². The molecule has 0 saturated carbocycles. The molecule has 8 heteroatoms. The van der Waals surface area contributed by atoms with Crippen LogP contribution in [0.5, 0.6) is 11.5 Å². The zero-order valence-corrected chi connectivity index (χ0v) is 21.1. The Hall–Kier alpha value is -2.97. The van der Waals surface area contributed by atoms with E-state index in [-0.39, 0.29) is 5.91 Å². The lowest BCUT2D eigenvalue weighted by Crippen LogP contribution is -2.39. The minimum atomic E-state index is 0.00956. The van der Waals surface area contributed by atoms with Crippen molar-refractivity contribution in [3.63, 3.8) is 0 Å². The molecule has 1 amide bonds. The normalized spacial score (nSPS) is 16.2. The van der Waals surface area contributed by atoms with Crippen molar-refractivity contribution in [2.45, 2.75) is 30.7 Å². The number of imidazole rings is 1. The van der Waals surface area contributed by atoms with Crippen molar-refractivity contribution < 1.29 is 14.3 Å². The summed E-state index contributed by atoms with van der Waals surface area (Å²) in [6.07, 6.45) is 8.08. The van der Waals surface area contributed by atoms with Gasteiger partial charge in [0.1, 0.15) is 17.1 Å². The summed E-state index contributed by atoms with van der Waals surface area (Å²) in [5.41, 5.74) is 3.09. The maximum atomic E-state index is 12.9. The van der Waals surface area contributed by atoms with Crippen LogP contribution in [0.3, 0.4) is 0 Å². The summed E-state index contributed by atoms with van der Waals surface area (Å²) in [6.45, 7) is 3.98. The SMILES string of the molecule is COc1ccc(CCCN2CCC(CNC(=O)C3=Cc4cnc5cccc(n45)S3)CC2)c(OC)c1. The number of hydrogen-bond acceptors (Lipinski definition) is 6. The Kier molecular flexibility index (Phi) is 7.29. The summed E-state index contributed by atoms with van der Waals surface area (Å²) in [6, 6.07) is 12.0. The summed E-state index contributed by atoms with van der Waals surface area (Å²) < 4.78 is 12.9. The fourth-order valence-electron chi connectivity index (χ4n) is 4.89. The largest absolute Gasteiger partial charge is 0.497 e. The van der Waals surface area contributed by atoms with Crippen molar-refractivity contribution in [2.75, 3.05) is 40.4 Å². The van der Waals surface area contributed by atoms with E-state index in [1.54, 1.807) is 14.2 Å². The number of aromatic nitrogens is 2. The highest BCUT2D eigenvalue weighted by atomic mass is 32.2. The molecule has 4 heterocycles. The third kappa shape index (κ3) is 5.33. The molecule has 5 rings (SSSR count). The molecule has 1 N–H and O–H groups in total. The first-order chi connectivity index (χ1) is 17.1. The molecule has 0 atom stereocenters. The lowest BCUT2D eigenvalue weighted by Gasteiger charge is -2.32. The lowest BCUT2D eigenvalue weighted by atomic mass is 9.96. The van der Waals surface area contributed by atoms with Crippen LogP contribution in [0.25, 0.3) is 11.7 Å². The molecule has 1 fully saturated rings. The highest BCUT2D eigenvalue weighted by molar-refractivity contribution is 8.04. The molecule has 0 spiro atoms. The Labute approximate surface area is 210 Å². The number of rotatable bonds is 9. The van der Waals surface area contributed by atoms with Crippen LogP contribution in [-0.4, -0.2) is 60.6 Å². The van der Waals surface area contributed by atoms with Crippen LogP contribution in [0, 0.1) is 5.92 Å². The second-order valence-electron chi connectivity index (χ2n) is 9.13. The number of nitrogens with zero attached hydrogens (tertiary/aromatic N) is 3. The number of thioether (sulfide) groups is 1. The van der Waals surface area contributed by atoms with Gasteiger partial charge in [-0.25, -0.2) is 4.98 Å². The summed E-state index contributed by atoms with van der Waals surface area (Å²) in [4.78, 5) is 20.6. The van der Waals surface area contributed by atoms with Crippen molar-refractivity contribution >= 4 is 29.4 Å². The molecule has 0 unspecified atom stereocenters.